The molecule has 4 heteroatoms. The third-order valence-corrected chi connectivity index (χ3v) is 2.76. The van der Waals surface area contributed by atoms with Gasteiger partial charge >= 0.3 is 0 Å². The number of aryl methyl sites for hydroxylation is 1. The van der Waals surface area contributed by atoms with Gasteiger partial charge in [-0.1, -0.05) is 6.07 Å². The zero-order chi connectivity index (χ0) is 10.8. The Morgan fingerprint density at radius 3 is 2.93 bits per heavy atom. The van der Waals surface area contributed by atoms with Crippen molar-refractivity contribution >= 4 is 5.96 Å². The van der Waals surface area contributed by atoms with Crippen molar-refractivity contribution in [2.24, 2.45) is 10.7 Å². The van der Waals surface area contributed by atoms with Crippen LogP contribution in [-0.2, 0) is 0 Å². The molecule has 4 nitrogen and oxygen atoms in total. The van der Waals surface area contributed by atoms with Gasteiger partial charge in [0.05, 0.1) is 12.6 Å². The Balaban J connectivity index is 2.22. The number of pyridine rings is 1. The van der Waals surface area contributed by atoms with Gasteiger partial charge in [0.1, 0.15) is 0 Å². The Bertz CT molecular complexity index is 369. The SMILES string of the molecule is CCN1C(N)=NCC1c1ccc(C)nc1. The van der Waals surface area contributed by atoms with Crippen molar-refractivity contribution in [3.05, 3.63) is 29.6 Å². The summed E-state index contributed by atoms with van der Waals surface area (Å²) in [5.41, 5.74) is 8.03. The molecule has 80 valence electrons. The van der Waals surface area contributed by atoms with E-state index in [1.165, 1.54) is 5.56 Å². The maximum Gasteiger partial charge on any atom is 0.191 e. The van der Waals surface area contributed by atoms with Crippen molar-refractivity contribution < 1.29 is 0 Å². The van der Waals surface area contributed by atoms with Crippen LogP contribution in [0.4, 0.5) is 0 Å². The second-order valence-corrected chi connectivity index (χ2v) is 3.73. The molecule has 1 aromatic rings. The number of nitrogens with zero attached hydrogens (tertiary/aromatic N) is 3. The van der Waals surface area contributed by atoms with Gasteiger partial charge in [0, 0.05) is 18.4 Å². The highest BCUT2D eigenvalue weighted by atomic mass is 15.3. The number of nitrogens with two attached hydrogens (primary N) is 1. The number of hydrogen-bond acceptors (Lipinski definition) is 4. The van der Waals surface area contributed by atoms with Crippen LogP contribution >= 0.6 is 0 Å². The van der Waals surface area contributed by atoms with E-state index in [1.54, 1.807) is 0 Å². The first-order valence-corrected chi connectivity index (χ1v) is 5.21. The number of rotatable bonds is 2. The molecule has 0 spiro atoms. The first-order chi connectivity index (χ1) is 7.22. The monoisotopic (exact) mass is 204 g/mol. The Kier molecular flexibility index (Phi) is 2.58. The topological polar surface area (TPSA) is 54.5 Å². The highest BCUT2D eigenvalue weighted by Crippen LogP contribution is 2.24. The summed E-state index contributed by atoms with van der Waals surface area (Å²) in [6.07, 6.45) is 1.91. The van der Waals surface area contributed by atoms with Gasteiger partial charge in [0.25, 0.3) is 0 Å². The number of guanidine groups is 1. The lowest BCUT2D eigenvalue weighted by Crippen LogP contribution is -2.35. The van der Waals surface area contributed by atoms with Crippen LogP contribution in [0, 0.1) is 6.92 Å². The van der Waals surface area contributed by atoms with Crippen LogP contribution in [0.15, 0.2) is 23.3 Å². The van der Waals surface area contributed by atoms with E-state index in [0.717, 1.165) is 18.8 Å². The lowest BCUT2D eigenvalue weighted by atomic mass is 10.1. The molecule has 2 heterocycles. The van der Waals surface area contributed by atoms with Crippen LogP contribution in [-0.4, -0.2) is 28.9 Å². The van der Waals surface area contributed by atoms with Gasteiger partial charge in [-0.2, -0.15) is 0 Å². The largest absolute Gasteiger partial charge is 0.370 e. The highest BCUT2D eigenvalue weighted by molar-refractivity contribution is 5.80. The minimum Gasteiger partial charge on any atom is -0.370 e. The van der Waals surface area contributed by atoms with Crippen molar-refractivity contribution in [3.8, 4) is 0 Å². The number of hydrogen-bond donors (Lipinski definition) is 1. The molecule has 2 N–H and O–H groups in total. The second kappa shape index (κ2) is 3.88. The molecule has 0 aromatic carbocycles. The molecular weight excluding hydrogens is 188 g/mol. The second-order valence-electron chi connectivity index (χ2n) is 3.73. The predicted octanol–water partition coefficient (Wildman–Crippen LogP) is 1.08. The summed E-state index contributed by atoms with van der Waals surface area (Å²) in [5, 5.41) is 0. The molecule has 1 aliphatic rings. The van der Waals surface area contributed by atoms with Crippen molar-refractivity contribution in [2.75, 3.05) is 13.1 Å². The minimum absolute atomic E-state index is 0.267. The lowest BCUT2D eigenvalue weighted by molar-refractivity contribution is 0.363. The minimum atomic E-state index is 0.267. The van der Waals surface area contributed by atoms with Gasteiger partial charge in [-0.15, -0.1) is 0 Å². The fraction of sp³-hybridized carbons (Fsp3) is 0.455. The Morgan fingerprint density at radius 2 is 2.33 bits per heavy atom. The molecule has 0 saturated heterocycles. The van der Waals surface area contributed by atoms with E-state index >= 15 is 0 Å². The van der Waals surface area contributed by atoms with E-state index in [-0.39, 0.29) is 6.04 Å². The molecule has 1 unspecified atom stereocenters. The van der Waals surface area contributed by atoms with E-state index in [0.29, 0.717) is 5.96 Å². The highest BCUT2D eigenvalue weighted by Gasteiger charge is 2.25. The Labute approximate surface area is 89.8 Å². The van der Waals surface area contributed by atoms with Crippen LogP contribution in [0.5, 0.6) is 0 Å². The van der Waals surface area contributed by atoms with Crippen molar-refractivity contribution in [3.63, 3.8) is 0 Å². The third kappa shape index (κ3) is 1.79. The first-order valence-electron chi connectivity index (χ1n) is 5.21. The summed E-state index contributed by atoms with van der Waals surface area (Å²) < 4.78 is 0. The molecule has 0 saturated carbocycles. The fourth-order valence-corrected chi connectivity index (χ4v) is 1.87. The zero-order valence-electron chi connectivity index (χ0n) is 9.14. The number of aromatic nitrogens is 1. The summed E-state index contributed by atoms with van der Waals surface area (Å²) in [6, 6.07) is 4.39. The van der Waals surface area contributed by atoms with Crippen LogP contribution in [0.1, 0.15) is 24.2 Å². The quantitative estimate of drug-likeness (QED) is 0.784. The molecule has 0 radical (unpaired) electrons. The molecule has 0 fully saturated rings. The summed E-state index contributed by atoms with van der Waals surface area (Å²) in [5.74, 6) is 0.642. The van der Waals surface area contributed by atoms with E-state index in [1.807, 2.05) is 19.2 Å². The van der Waals surface area contributed by atoms with Gasteiger partial charge in [-0.3, -0.25) is 9.98 Å². The van der Waals surface area contributed by atoms with Crippen molar-refractivity contribution in [2.45, 2.75) is 19.9 Å². The third-order valence-electron chi connectivity index (χ3n) is 2.76. The molecular formula is C11H16N4. The van der Waals surface area contributed by atoms with E-state index in [4.69, 9.17) is 5.73 Å². The molecule has 1 aliphatic heterocycles. The van der Waals surface area contributed by atoms with E-state index < -0.39 is 0 Å². The summed E-state index contributed by atoms with van der Waals surface area (Å²) >= 11 is 0. The molecule has 15 heavy (non-hydrogen) atoms. The van der Waals surface area contributed by atoms with Gasteiger partial charge in [-0.25, -0.2) is 0 Å². The molecule has 2 rings (SSSR count). The van der Waals surface area contributed by atoms with Gasteiger partial charge < -0.3 is 10.6 Å². The van der Waals surface area contributed by atoms with Gasteiger partial charge in [0.15, 0.2) is 5.96 Å². The van der Waals surface area contributed by atoms with Crippen LogP contribution in [0.2, 0.25) is 0 Å². The number of aliphatic imine (C=N–C) groups is 1. The number of likely N-dealkylation sites (N-methyl/N-ethyl adjacent to an activating group) is 1. The maximum absolute atomic E-state index is 5.80. The standard InChI is InChI=1S/C11H16N4/c1-3-15-10(7-14-11(15)12)9-5-4-8(2)13-6-9/h4-6,10H,3,7H2,1-2H3,(H2,12,14). The van der Waals surface area contributed by atoms with Gasteiger partial charge in [0.2, 0.25) is 0 Å². The zero-order valence-corrected chi connectivity index (χ0v) is 9.14. The predicted molar refractivity (Wildman–Crippen MR) is 60.6 cm³/mol. The lowest BCUT2D eigenvalue weighted by Gasteiger charge is -2.24. The average Bonchev–Trinajstić information content (AvgIpc) is 2.61. The van der Waals surface area contributed by atoms with Crippen LogP contribution in [0.25, 0.3) is 0 Å². The van der Waals surface area contributed by atoms with Crippen LogP contribution in [0.3, 0.4) is 0 Å². The molecule has 0 bridgehead atoms. The van der Waals surface area contributed by atoms with E-state index in [2.05, 4.69) is 27.9 Å². The first kappa shape index (κ1) is 9.96. The molecule has 1 aromatic heterocycles. The fourth-order valence-electron chi connectivity index (χ4n) is 1.87. The summed E-state index contributed by atoms with van der Waals surface area (Å²) in [6.45, 7) is 5.70. The Morgan fingerprint density at radius 1 is 1.53 bits per heavy atom. The summed E-state index contributed by atoms with van der Waals surface area (Å²) in [4.78, 5) is 10.7. The van der Waals surface area contributed by atoms with Crippen molar-refractivity contribution in [1.29, 1.82) is 0 Å². The smallest absolute Gasteiger partial charge is 0.191 e. The molecule has 0 amide bonds. The van der Waals surface area contributed by atoms with E-state index in [9.17, 15) is 0 Å². The molecule has 0 aliphatic carbocycles. The molecule has 1 atom stereocenters. The maximum atomic E-state index is 5.80. The normalized spacial score (nSPS) is 20.5. The van der Waals surface area contributed by atoms with Crippen LogP contribution < -0.4 is 5.73 Å². The average molecular weight is 204 g/mol. The van der Waals surface area contributed by atoms with Crippen molar-refractivity contribution in [1.82, 2.24) is 9.88 Å². The van der Waals surface area contributed by atoms with Gasteiger partial charge in [-0.05, 0) is 25.5 Å². The summed E-state index contributed by atoms with van der Waals surface area (Å²) in [7, 11) is 0. The Hall–Kier alpha value is -1.58.